The Morgan fingerprint density at radius 3 is 2.44 bits per heavy atom. The summed E-state index contributed by atoms with van der Waals surface area (Å²) in [5.74, 6) is 0.445. The van der Waals surface area contributed by atoms with Gasteiger partial charge in [-0.25, -0.2) is 13.8 Å². The van der Waals surface area contributed by atoms with Crippen molar-refractivity contribution >= 4 is 39.4 Å². The van der Waals surface area contributed by atoms with Crippen molar-refractivity contribution < 1.29 is 22.7 Å². The van der Waals surface area contributed by atoms with Gasteiger partial charge in [-0.05, 0) is 41.5 Å². The quantitative estimate of drug-likeness (QED) is 0.336. The lowest BCUT2D eigenvalue weighted by Gasteiger charge is -2.22. The summed E-state index contributed by atoms with van der Waals surface area (Å²) >= 11 is 6.10. The van der Waals surface area contributed by atoms with Gasteiger partial charge in [-0.3, -0.25) is 9.10 Å². The molecule has 0 unspecified atom stereocenters. The van der Waals surface area contributed by atoms with Gasteiger partial charge in [0.25, 0.3) is 5.91 Å². The monoisotopic (exact) mass is 501 g/mol. The van der Waals surface area contributed by atoms with Gasteiger partial charge in [-0.15, -0.1) is 0 Å². The fraction of sp³-hybridized carbons (Fsp3) is 0.167. The summed E-state index contributed by atoms with van der Waals surface area (Å²) in [5.41, 5.74) is 4.21. The molecule has 0 bridgehead atoms. The number of methoxy groups -OCH3 is 1. The summed E-state index contributed by atoms with van der Waals surface area (Å²) in [6.07, 6.45) is 2.42. The van der Waals surface area contributed by atoms with E-state index in [9.17, 15) is 13.2 Å². The predicted molar refractivity (Wildman–Crippen MR) is 133 cm³/mol. The lowest BCUT2D eigenvalue weighted by atomic mass is 10.2. The Morgan fingerprint density at radius 1 is 1.06 bits per heavy atom. The summed E-state index contributed by atoms with van der Waals surface area (Å²) in [7, 11) is -2.22. The molecule has 0 aliphatic heterocycles. The molecule has 0 saturated carbocycles. The van der Waals surface area contributed by atoms with E-state index in [0.29, 0.717) is 23.7 Å². The molecular formula is C24H24ClN3O5S. The molecule has 3 aromatic carbocycles. The molecule has 0 aliphatic carbocycles. The highest BCUT2D eigenvalue weighted by Crippen LogP contribution is 2.29. The molecule has 0 saturated heterocycles. The van der Waals surface area contributed by atoms with E-state index < -0.39 is 22.5 Å². The van der Waals surface area contributed by atoms with Crippen LogP contribution < -0.4 is 19.2 Å². The molecule has 178 valence electrons. The van der Waals surface area contributed by atoms with Crippen LogP contribution in [0, 0.1) is 0 Å². The van der Waals surface area contributed by atoms with Crippen molar-refractivity contribution in [3.05, 3.63) is 88.9 Å². The third kappa shape index (κ3) is 6.97. The van der Waals surface area contributed by atoms with Gasteiger partial charge in [0.1, 0.15) is 13.2 Å². The largest absolute Gasteiger partial charge is 0.493 e. The van der Waals surface area contributed by atoms with Crippen LogP contribution in [0.3, 0.4) is 0 Å². The van der Waals surface area contributed by atoms with Crippen LogP contribution in [-0.2, 0) is 21.4 Å². The van der Waals surface area contributed by atoms with Gasteiger partial charge in [0, 0.05) is 0 Å². The number of carbonyl (C=O) groups is 1. The molecule has 0 aliphatic rings. The number of carbonyl (C=O) groups excluding carboxylic acids is 1. The minimum absolute atomic E-state index is 0.210. The first-order chi connectivity index (χ1) is 16.3. The van der Waals surface area contributed by atoms with Crippen molar-refractivity contribution in [1.82, 2.24) is 5.43 Å². The number of rotatable bonds is 10. The van der Waals surface area contributed by atoms with Gasteiger partial charge in [0.15, 0.2) is 11.5 Å². The number of hydrogen-bond donors (Lipinski definition) is 1. The Hall–Kier alpha value is -3.56. The number of nitrogens with one attached hydrogen (secondary N) is 1. The third-order valence-electron chi connectivity index (χ3n) is 4.64. The van der Waals surface area contributed by atoms with E-state index in [1.165, 1.54) is 19.4 Å². The molecule has 0 spiro atoms. The molecule has 8 nitrogen and oxygen atoms in total. The van der Waals surface area contributed by atoms with Crippen LogP contribution >= 0.6 is 11.6 Å². The lowest BCUT2D eigenvalue weighted by Crippen LogP contribution is -2.39. The molecular weight excluding hydrogens is 478 g/mol. The number of halogens is 1. The Labute approximate surface area is 203 Å². The molecule has 1 amide bonds. The molecule has 0 atom stereocenters. The molecule has 3 aromatic rings. The molecule has 3 rings (SSSR count). The number of amides is 1. The maximum Gasteiger partial charge on any atom is 0.260 e. The summed E-state index contributed by atoms with van der Waals surface area (Å²) in [6.45, 7) is -0.0849. The van der Waals surface area contributed by atoms with Gasteiger partial charge in [0.2, 0.25) is 10.0 Å². The smallest absolute Gasteiger partial charge is 0.260 e. The average molecular weight is 502 g/mol. The molecule has 10 heteroatoms. The second-order valence-electron chi connectivity index (χ2n) is 7.20. The van der Waals surface area contributed by atoms with E-state index in [0.717, 1.165) is 16.1 Å². The first kappa shape index (κ1) is 25.1. The minimum atomic E-state index is -3.75. The van der Waals surface area contributed by atoms with E-state index in [1.807, 2.05) is 30.3 Å². The first-order valence-electron chi connectivity index (χ1n) is 10.2. The van der Waals surface area contributed by atoms with Crippen LogP contribution in [-0.4, -0.2) is 40.4 Å². The SMILES string of the molecule is COc1cc(/C=N\NC(=O)CN(c2ccccc2Cl)S(C)(=O)=O)ccc1OCc1ccccc1. The second kappa shape index (κ2) is 11.5. The van der Waals surface area contributed by atoms with Gasteiger partial charge >= 0.3 is 0 Å². The summed E-state index contributed by atoms with van der Waals surface area (Å²) in [4.78, 5) is 12.4. The van der Waals surface area contributed by atoms with E-state index >= 15 is 0 Å². The number of sulfonamides is 1. The van der Waals surface area contributed by atoms with Crippen LogP contribution in [0.4, 0.5) is 5.69 Å². The zero-order chi connectivity index (χ0) is 24.6. The van der Waals surface area contributed by atoms with Crippen LogP contribution in [0.15, 0.2) is 77.9 Å². The first-order valence-corrected chi connectivity index (χ1v) is 12.4. The van der Waals surface area contributed by atoms with Crippen LogP contribution in [0.1, 0.15) is 11.1 Å². The van der Waals surface area contributed by atoms with Gasteiger partial charge in [-0.2, -0.15) is 5.10 Å². The van der Waals surface area contributed by atoms with Gasteiger partial charge in [0.05, 0.1) is 30.3 Å². The molecule has 1 N–H and O–H groups in total. The average Bonchev–Trinajstić information content (AvgIpc) is 2.82. The van der Waals surface area contributed by atoms with Gasteiger partial charge < -0.3 is 9.47 Å². The highest BCUT2D eigenvalue weighted by molar-refractivity contribution is 7.92. The van der Waals surface area contributed by atoms with Crippen molar-refractivity contribution in [2.45, 2.75) is 6.61 Å². The third-order valence-corrected chi connectivity index (χ3v) is 6.08. The Kier molecular flexibility index (Phi) is 8.50. The fourth-order valence-corrected chi connectivity index (χ4v) is 4.15. The topological polar surface area (TPSA) is 97.3 Å². The Morgan fingerprint density at radius 2 is 1.76 bits per heavy atom. The Bertz CT molecular complexity index is 1270. The van der Waals surface area contributed by atoms with E-state index in [-0.39, 0.29) is 10.7 Å². The number of nitrogens with zero attached hydrogens (tertiary/aromatic N) is 2. The maximum atomic E-state index is 12.4. The van der Waals surface area contributed by atoms with Crippen LogP contribution in [0.5, 0.6) is 11.5 Å². The molecule has 0 heterocycles. The molecule has 0 aromatic heterocycles. The van der Waals surface area contributed by atoms with Crippen molar-refractivity contribution in [3.8, 4) is 11.5 Å². The number of hydrogen-bond acceptors (Lipinski definition) is 6. The summed E-state index contributed by atoms with van der Waals surface area (Å²) < 4.78 is 36.5. The Balaban J connectivity index is 1.63. The van der Waals surface area contributed by atoms with Crippen molar-refractivity contribution in [1.29, 1.82) is 0 Å². The highest BCUT2D eigenvalue weighted by Gasteiger charge is 2.22. The number of para-hydroxylation sites is 1. The minimum Gasteiger partial charge on any atom is -0.493 e. The predicted octanol–water partition coefficient (Wildman–Crippen LogP) is 3.84. The zero-order valence-electron chi connectivity index (χ0n) is 18.6. The summed E-state index contributed by atoms with van der Waals surface area (Å²) in [6, 6.07) is 21.3. The van der Waals surface area contributed by atoms with Crippen molar-refractivity contribution in [3.63, 3.8) is 0 Å². The molecule has 34 heavy (non-hydrogen) atoms. The van der Waals surface area contributed by atoms with E-state index in [4.69, 9.17) is 21.1 Å². The number of hydrazone groups is 1. The van der Waals surface area contributed by atoms with E-state index in [2.05, 4.69) is 10.5 Å². The normalized spacial score (nSPS) is 11.3. The van der Waals surface area contributed by atoms with Gasteiger partial charge in [-0.1, -0.05) is 54.1 Å². The fourth-order valence-electron chi connectivity index (χ4n) is 3.00. The molecule has 0 radical (unpaired) electrons. The maximum absolute atomic E-state index is 12.4. The van der Waals surface area contributed by atoms with E-state index in [1.54, 1.807) is 36.4 Å². The van der Waals surface area contributed by atoms with Crippen molar-refractivity contribution in [2.75, 3.05) is 24.2 Å². The zero-order valence-corrected chi connectivity index (χ0v) is 20.2. The number of anilines is 1. The van der Waals surface area contributed by atoms with Crippen LogP contribution in [0.25, 0.3) is 0 Å². The summed E-state index contributed by atoms with van der Waals surface area (Å²) in [5, 5.41) is 4.13. The number of ether oxygens (including phenoxy) is 2. The number of benzene rings is 3. The van der Waals surface area contributed by atoms with Crippen LogP contribution in [0.2, 0.25) is 5.02 Å². The molecule has 0 fully saturated rings. The van der Waals surface area contributed by atoms with Crippen molar-refractivity contribution in [2.24, 2.45) is 5.10 Å². The standard InChI is InChI=1S/C24H24ClN3O5S/c1-32-23-14-19(12-13-22(23)33-17-18-8-4-3-5-9-18)15-26-27-24(29)16-28(34(2,30)31)21-11-7-6-10-20(21)25/h3-15H,16-17H2,1-2H3,(H,27,29)/b26-15-. The highest BCUT2D eigenvalue weighted by atomic mass is 35.5. The lowest BCUT2D eigenvalue weighted by molar-refractivity contribution is -0.119. The second-order valence-corrected chi connectivity index (χ2v) is 9.51.